The number of nitrogens with one attached hydrogen (secondary N) is 1. The number of rotatable bonds is 7. The van der Waals surface area contributed by atoms with Gasteiger partial charge in [0.15, 0.2) is 10.9 Å². The molecule has 4 aromatic rings. The lowest BCUT2D eigenvalue weighted by Crippen LogP contribution is -2.24. The Bertz CT molecular complexity index is 1130. The molecule has 2 aromatic carbocycles. The Morgan fingerprint density at radius 3 is 2.57 bits per heavy atom. The molecule has 0 bridgehead atoms. The second-order valence-electron chi connectivity index (χ2n) is 6.29. The molecule has 152 valence electrons. The highest BCUT2D eigenvalue weighted by Gasteiger charge is 2.19. The minimum Gasteiger partial charge on any atom is -0.461 e. The van der Waals surface area contributed by atoms with Gasteiger partial charge in [0, 0.05) is 17.3 Å². The molecule has 1 amide bonds. The fourth-order valence-electron chi connectivity index (χ4n) is 2.74. The van der Waals surface area contributed by atoms with Crippen LogP contribution >= 0.6 is 23.4 Å². The van der Waals surface area contributed by atoms with Gasteiger partial charge in [-0.1, -0.05) is 35.5 Å². The predicted molar refractivity (Wildman–Crippen MR) is 113 cm³/mol. The van der Waals surface area contributed by atoms with Crippen molar-refractivity contribution < 1.29 is 13.6 Å². The largest absolute Gasteiger partial charge is 0.461 e. The number of amides is 1. The number of aromatic nitrogens is 3. The topological polar surface area (TPSA) is 73.0 Å². The summed E-state index contributed by atoms with van der Waals surface area (Å²) in [4.78, 5) is 12.3. The highest BCUT2D eigenvalue weighted by atomic mass is 35.5. The smallest absolute Gasteiger partial charge is 0.230 e. The number of nitrogens with zero attached hydrogens (tertiary/aromatic N) is 3. The van der Waals surface area contributed by atoms with E-state index >= 15 is 0 Å². The molecule has 6 nitrogen and oxygen atoms in total. The normalized spacial score (nSPS) is 10.9. The first-order valence-corrected chi connectivity index (χ1v) is 10.4. The Kier molecular flexibility index (Phi) is 6.15. The summed E-state index contributed by atoms with van der Waals surface area (Å²) in [5.74, 6) is 0.746. The summed E-state index contributed by atoms with van der Waals surface area (Å²) in [5.41, 5.74) is 1.62. The maximum atomic E-state index is 13.0. The Balaban J connectivity index is 1.49. The third-order valence-corrected chi connectivity index (χ3v) is 5.38. The first kappa shape index (κ1) is 20.2. The summed E-state index contributed by atoms with van der Waals surface area (Å²) in [6.07, 6.45) is 1.56. The number of hydrogen-bond acceptors (Lipinski definition) is 5. The van der Waals surface area contributed by atoms with E-state index in [-0.39, 0.29) is 17.5 Å². The highest BCUT2D eigenvalue weighted by molar-refractivity contribution is 7.99. The van der Waals surface area contributed by atoms with Gasteiger partial charge in [0.05, 0.1) is 12.0 Å². The maximum absolute atomic E-state index is 13.0. The van der Waals surface area contributed by atoms with Crippen molar-refractivity contribution in [1.82, 2.24) is 20.1 Å². The molecule has 2 aromatic heterocycles. The standard InChI is InChI=1S/C21H16ClFN4O2S/c22-15-5-9-17(10-6-15)27-20(18-2-1-11-29-18)25-26-21(27)30-13-19(28)24-12-14-3-7-16(23)8-4-14/h1-11H,12-13H2,(H,24,28). The van der Waals surface area contributed by atoms with Gasteiger partial charge in [-0.3, -0.25) is 9.36 Å². The fraction of sp³-hybridized carbons (Fsp3) is 0.0952. The van der Waals surface area contributed by atoms with Crippen molar-refractivity contribution >= 4 is 29.3 Å². The molecule has 0 aliphatic rings. The fourth-order valence-corrected chi connectivity index (χ4v) is 3.64. The number of carbonyl (C=O) groups is 1. The molecular formula is C21H16ClFN4O2S. The average Bonchev–Trinajstić information content (AvgIpc) is 3.42. The van der Waals surface area contributed by atoms with Gasteiger partial charge in [-0.2, -0.15) is 0 Å². The Morgan fingerprint density at radius 2 is 1.87 bits per heavy atom. The first-order chi connectivity index (χ1) is 14.6. The quantitative estimate of drug-likeness (QED) is 0.419. The zero-order chi connectivity index (χ0) is 20.9. The number of furan rings is 1. The molecule has 0 saturated carbocycles. The first-order valence-electron chi connectivity index (χ1n) is 8.99. The van der Waals surface area contributed by atoms with Crippen LogP contribution in [-0.4, -0.2) is 26.4 Å². The Morgan fingerprint density at radius 1 is 1.10 bits per heavy atom. The molecule has 0 fully saturated rings. The summed E-state index contributed by atoms with van der Waals surface area (Å²) >= 11 is 7.26. The summed E-state index contributed by atoms with van der Waals surface area (Å²) in [5, 5.41) is 12.4. The minimum absolute atomic E-state index is 0.144. The maximum Gasteiger partial charge on any atom is 0.230 e. The van der Waals surface area contributed by atoms with Crippen LogP contribution in [0.25, 0.3) is 17.3 Å². The monoisotopic (exact) mass is 442 g/mol. The molecule has 0 saturated heterocycles. The predicted octanol–water partition coefficient (Wildman–Crippen LogP) is 4.73. The van der Waals surface area contributed by atoms with Gasteiger partial charge in [0.1, 0.15) is 5.82 Å². The van der Waals surface area contributed by atoms with E-state index in [4.69, 9.17) is 16.0 Å². The van der Waals surface area contributed by atoms with Crippen molar-refractivity contribution in [1.29, 1.82) is 0 Å². The summed E-state index contributed by atoms with van der Waals surface area (Å²) in [6, 6.07) is 16.8. The van der Waals surface area contributed by atoms with Crippen LogP contribution < -0.4 is 5.32 Å². The zero-order valence-corrected chi connectivity index (χ0v) is 17.2. The molecule has 0 aliphatic carbocycles. The van der Waals surface area contributed by atoms with Crippen LogP contribution in [0.4, 0.5) is 4.39 Å². The van der Waals surface area contributed by atoms with Crippen LogP contribution in [-0.2, 0) is 11.3 Å². The second kappa shape index (κ2) is 9.15. The lowest BCUT2D eigenvalue weighted by Gasteiger charge is -2.09. The van der Waals surface area contributed by atoms with Gasteiger partial charge in [-0.15, -0.1) is 10.2 Å². The Hall–Kier alpha value is -3.10. The third-order valence-electron chi connectivity index (χ3n) is 4.20. The van der Waals surface area contributed by atoms with E-state index in [1.807, 2.05) is 16.7 Å². The molecule has 2 heterocycles. The second-order valence-corrected chi connectivity index (χ2v) is 7.67. The molecule has 1 N–H and O–H groups in total. The van der Waals surface area contributed by atoms with Gasteiger partial charge >= 0.3 is 0 Å². The van der Waals surface area contributed by atoms with Crippen LogP contribution in [0.3, 0.4) is 0 Å². The summed E-state index contributed by atoms with van der Waals surface area (Å²) in [7, 11) is 0. The number of carbonyl (C=O) groups excluding carboxylic acids is 1. The van der Waals surface area contributed by atoms with Gasteiger partial charge in [0.2, 0.25) is 11.7 Å². The van der Waals surface area contributed by atoms with Crippen molar-refractivity contribution in [3.05, 3.63) is 83.3 Å². The van der Waals surface area contributed by atoms with E-state index in [0.29, 0.717) is 28.3 Å². The van der Waals surface area contributed by atoms with Gasteiger partial charge in [0.25, 0.3) is 0 Å². The zero-order valence-electron chi connectivity index (χ0n) is 15.6. The molecule has 30 heavy (non-hydrogen) atoms. The van der Waals surface area contributed by atoms with Gasteiger partial charge in [-0.05, 0) is 54.1 Å². The van der Waals surface area contributed by atoms with Crippen molar-refractivity contribution in [3.8, 4) is 17.3 Å². The van der Waals surface area contributed by atoms with E-state index < -0.39 is 0 Å². The van der Waals surface area contributed by atoms with Crippen LogP contribution in [0.2, 0.25) is 5.02 Å². The van der Waals surface area contributed by atoms with Crippen LogP contribution in [0.15, 0.2) is 76.5 Å². The van der Waals surface area contributed by atoms with Crippen molar-refractivity contribution in [2.45, 2.75) is 11.7 Å². The number of thioether (sulfide) groups is 1. The average molecular weight is 443 g/mol. The molecular weight excluding hydrogens is 427 g/mol. The molecule has 9 heteroatoms. The minimum atomic E-state index is -0.311. The molecule has 0 spiro atoms. The van der Waals surface area contributed by atoms with E-state index in [9.17, 15) is 9.18 Å². The van der Waals surface area contributed by atoms with E-state index in [1.165, 1.54) is 23.9 Å². The van der Waals surface area contributed by atoms with E-state index in [2.05, 4.69) is 15.5 Å². The van der Waals surface area contributed by atoms with Crippen molar-refractivity contribution in [3.63, 3.8) is 0 Å². The number of halogens is 2. The van der Waals surface area contributed by atoms with Crippen LogP contribution in [0.5, 0.6) is 0 Å². The van der Waals surface area contributed by atoms with E-state index in [1.54, 1.807) is 42.7 Å². The van der Waals surface area contributed by atoms with Crippen molar-refractivity contribution in [2.24, 2.45) is 0 Å². The van der Waals surface area contributed by atoms with Crippen LogP contribution in [0, 0.1) is 5.82 Å². The van der Waals surface area contributed by atoms with E-state index in [0.717, 1.165) is 11.3 Å². The molecule has 0 atom stereocenters. The number of hydrogen-bond donors (Lipinski definition) is 1. The highest BCUT2D eigenvalue weighted by Crippen LogP contribution is 2.28. The molecule has 0 aliphatic heterocycles. The Labute approximate surface area is 181 Å². The van der Waals surface area contributed by atoms with Gasteiger partial charge in [-0.25, -0.2) is 4.39 Å². The third kappa shape index (κ3) is 4.72. The summed E-state index contributed by atoms with van der Waals surface area (Å²) in [6.45, 7) is 0.321. The van der Waals surface area contributed by atoms with Gasteiger partial charge < -0.3 is 9.73 Å². The SMILES string of the molecule is O=C(CSc1nnc(-c2ccco2)n1-c1ccc(Cl)cc1)NCc1ccc(F)cc1. The molecule has 0 unspecified atom stereocenters. The molecule has 0 radical (unpaired) electrons. The lowest BCUT2D eigenvalue weighted by atomic mass is 10.2. The van der Waals surface area contributed by atoms with Crippen molar-refractivity contribution in [2.75, 3.05) is 5.75 Å². The number of benzene rings is 2. The summed E-state index contributed by atoms with van der Waals surface area (Å²) < 4.78 is 20.3. The lowest BCUT2D eigenvalue weighted by molar-refractivity contribution is -0.118. The molecule has 4 rings (SSSR count). The van der Waals surface area contributed by atoms with Crippen LogP contribution in [0.1, 0.15) is 5.56 Å².